The Morgan fingerprint density at radius 3 is 2.53 bits per heavy atom. The molecular formula is C13H23NO3. The second kappa shape index (κ2) is 6.05. The molecule has 0 bridgehead atoms. The Bertz CT molecular complexity index is 275. The van der Waals surface area contributed by atoms with Gasteiger partial charge in [-0.05, 0) is 39.5 Å². The highest BCUT2D eigenvalue weighted by Crippen LogP contribution is 2.21. The number of hydrogen-bond acceptors (Lipinski definition) is 3. The highest BCUT2D eigenvalue weighted by atomic mass is 16.6. The van der Waals surface area contributed by atoms with Crippen LogP contribution >= 0.6 is 0 Å². The first kappa shape index (κ1) is 14.0. The van der Waals surface area contributed by atoms with Crippen LogP contribution in [0.15, 0.2) is 12.2 Å². The zero-order valence-electron chi connectivity index (χ0n) is 11.0. The Labute approximate surface area is 103 Å². The van der Waals surface area contributed by atoms with Crippen molar-refractivity contribution in [3.05, 3.63) is 12.2 Å². The first-order valence-corrected chi connectivity index (χ1v) is 6.11. The van der Waals surface area contributed by atoms with Crippen LogP contribution in [0.2, 0.25) is 0 Å². The Balaban J connectivity index is 2.25. The summed E-state index contributed by atoms with van der Waals surface area (Å²) in [7, 11) is 0. The molecule has 1 heterocycles. The number of alkyl carbamates (subject to hydrolysis) is 1. The maximum atomic E-state index is 11.4. The third-order valence-electron chi connectivity index (χ3n) is 2.66. The fraction of sp³-hybridized carbons (Fsp3) is 0.769. The molecule has 0 unspecified atom stereocenters. The van der Waals surface area contributed by atoms with E-state index in [0.29, 0.717) is 12.5 Å². The van der Waals surface area contributed by atoms with Crippen molar-refractivity contribution < 1.29 is 14.3 Å². The Kier molecular flexibility index (Phi) is 5.00. The molecule has 1 fully saturated rings. The standard InChI is InChI=1S/C13H23NO3/c1-10(11-5-7-16-8-6-11)9-14-12(15)17-13(2,3)4/h11H,1,5-9H2,2-4H3,(H,14,15). The molecule has 0 aliphatic carbocycles. The summed E-state index contributed by atoms with van der Waals surface area (Å²) in [6, 6.07) is 0. The maximum Gasteiger partial charge on any atom is 0.407 e. The van der Waals surface area contributed by atoms with E-state index in [1.165, 1.54) is 0 Å². The summed E-state index contributed by atoms with van der Waals surface area (Å²) in [4.78, 5) is 11.4. The van der Waals surface area contributed by atoms with Crippen LogP contribution < -0.4 is 5.32 Å². The van der Waals surface area contributed by atoms with E-state index >= 15 is 0 Å². The molecule has 1 N–H and O–H groups in total. The van der Waals surface area contributed by atoms with Crippen molar-refractivity contribution >= 4 is 6.09 Å². The minimum atomic E-state index is -0.454. The van der Waals surface area contributed by atoms with Crippen LogP contribution in [0.4, 0.5) is 4.79 Å². The van der Waals surface area contributed by atoms with Crippen molar-refractivity contribution in [2.24, 2.45) is 5.92 Å². The number of carbonyl (C=O) groups is 1. The number of ether oxygens (including phenoxy) is 2. The van der Waals surface area contributed by atoms with Crippen molar-refractivity contribution in [3.63, 3.8) is 0 Å². The molecule has 1 aliphatic rings. The number of carbonyl (C=O) groups excluding carboxylic acids is 1. The Hall–Kier alpha value is -1.03. The molecule has 1 amide bonds. The summed E-state index contributed by atoms with van der Waals surface area (Å²) in [6.45, 7) is 11.6. The van der Waals surface area contributed by atoms with Crippen molar-refractivity contribution in [2.45, 2.75) is 39.2 Å². The molecule has 1 saturated heterocycles. The third kappa shape index (κ3) is 5.73. The topological polar surface area (TPSA) is 47.6 Å². The molecule has 0 atom stereocenters. The van der Waals surface area contributed by atoms with Gasteiger partial charge in [0.25, 0.3) is 0 Å². The van der Waals surface area contributed by atoms with Gasteiger partial charge < -0.3 is 14.8 Å². The lowest BCUT2D eigenvalue weighted by molar-refractivity contribution is 0.0525. The zero-order valence-corrected chi connectivity index (χ0v) is 11.0. The van der Waals surface area contributed by atoms with E-state index in [1.807, 2.05) is 20.8 Å². The molecule has 17 heavy (non-hydrogen) atoms. The van der Waals surface area contributed by atoms with Crippen LogP contribution in [0.25, 0.3) is 0 Å². The lowest BCUT2D eigenvalue weighted by Gasteiger charge is -2.25. The molecule has 4 heteroatoms. The Morgan fingerprint density at radius 1 is 1.41 bits per heavy atom. The van der Waals surface area contributed by atoms with Gasteiger partial charge in [0.2, 0.25) is 0 Å². The fourth-order valence-corrected chi connectivity index (χ4v) is 1.75. The van der Waals surface area contributed by atoms with E-state index in [9.17, 15) is 4.79 Å². The van der Waals surface area contributed by atoms with Crippen molar-refractivity contribution in [1.82, 2.24) is 5.32 Å². The van der Waals surface area contributed by atoms with Crippen LogP contribution in [0.3, 0.4) is 0 Å². The van der Waals surface area contributed by atoms with Crippen molar-refractivity contribution in [3.8, 4) is 0 Å². The average molecular weight is 241 g/mol. The maximum absolute atomic E-state index is 11.4. The lowest BCUT2D eigenvalue weighted by atomic mass is 9.92. The molecule has 1 rings (SSSR count). The quantitative estimate of drug-likeness (QED) is 0.772. The van der Waals surface area contributed by atoms with Gasteiger partial charge in [-0.2, -0.15) is 0 Å². The van der Waals surface area contributed by atoms with Gasteiger partial charge in [-0.1, -0.05) is 12.2 Å². The van der Waals surface area contributed by atoms with Crippen LogP contribution in [0, 0.1) is 5.92 Å². The minimum absolute atomic E-state index is 0.384. The van der Waals surface area contributed by atoms with E-state index in [0.717, 1.165) is 31.6 Å². The molecular weight excluding hydrogens is 218 g/mol. The van der Waals surface area contributed by atoms with E-state index in [-0.39, 0.29) is 6.09 Å². The van der Waals surface area contributed by atoms with Gasteiger partial charge in [-0.25, -0.2) is 4.79 Å². The second-order valence-corrected chi connectivity index (χ2v) is 5.40. The summed E-state index contributed by atoms with van der Waals surface area (Å²) in [5.74, 6) is 0.457. The molecule has 0 saturated carbocycles. The zero-order chi connectivity index (χ0) is 12.9. The van der Waals surface area contributed by atoms with Gasteiger partial charge in [0.1, 0.15) is 5.60 Å². The van der Waals surface area contributed by atoms with Gasteiger partial charge in [0, 0.05) is 19.8 Å². The molecule has 0 aromatic carbocycles. The lowest BCUT2D eigenvalue weighted by Crippen LogP contribution is -2.34. The van der Waals surface area contributed by atoms with Gasteiger partial charge in [0.05, 0.1) is 0 Å². The van der Waals surface area contributed by atoms with Crippen molar-refractivity contribution in [1.29, 1.82) is 0 Å². The largest absolute Gasteiger partial charge is 0.444 e. The summed E-state index contributed by atoms with van der Waals surface area (Å²) in [5, 5.41) is 2.73. The molecule has 98 valence electrons. The van der Waals surface area contributed by atoms with Gasteiger partial charge in [-0.15, -0.1) is 0 Å². The number of amides is 1. The minimum Gasteiger partial charge on any atom is -0.444 e. The van der Waals surface area contributed by atoms with Crippen LogP contribution in [-0.2, 0) is 9.47 Å². The normalized spacial score (nSPS) is 17.6. The first-order valence-electron chi connectivity index (χ1n) is 6.11. The fourth-order valence-electron chi connectivity index (χ4n) is 1.75. The molecule has 0 aromatic heterocycles. The first-order chi connectivity index (χ1) is 7.88. The summed E-state index contributed by atoms with van der Waals surface area (Å²) >= 11 is 0. The predicted molar refractivity (Wildman–Crippen MR) is 66.9 cm³/mol. The molecule has 0 aromatic rings. The molecule has 4 nitrogen and oxygen atoms in total. The molecule has 0 radical (unpaired) electrons. The summed E-state index contributed by atoms with van der Waals surface area (Å²) in [6.07, 6.45) is 1.61. The highest BCUT2D eigenvalue weighted by molar-refractivity contribution is 5.68. The summed E-state index contributed by atoms with van der Waals surface area (Å²) in [5.41, 5.74) is 0.601. The molecule has 0 spiro atoms. The van der Waals surface area contributed by atoms with Crippen LogP contribution in [0.5, 0.6) is 0 Å². The number of nitrogens with one attached hydrogen (secondary N) is 1. The third-order valence-corrected chi connectivity index (χ3v) is 2.66. The highest BCUT2D eigenvalue weighted by Gasteiger charge is 2.19. The summed E-state index contributed by atoms with van der Waals surface area (Å²) < 4.78 is 10.4. The van der Waals surface area contributed by atoms with Crippen molar-refractivity contribution in [2.75, 3.05) is 19.8 Å². The van der Waals surface area contributed by atoms with Gasteiger partial charge >= 0.3 is 6.09 Å². The smallest absolute Gasteiger partial charge is 0.407 e. The van der Waals surface area contributed by atoms with E-state index in [4.69, 9.17) is 9.47 Å². The monoisotopic (exact) mass is 241 g/mol. The second-order valence-electron chi connectivity index (χ2n) is 5.40. The van der Waals surface area contributed by atoms with E-state index in [1.54, 1.807) is 0 Å². The van der Waals surface area contributed by atoms with Gasteiger partial charge in [-0.3, -0.25) is 0 Å². The van der Waals surface area contributed by atoms with E-state index in [2.05, 4.69) is 11.9 Å². The number of hydrogen-bond donors (Lipinski definition) is 1. The predicted octanol–water partition coefficient (Wildman–Crippen LogP) is 2.49. The van der Waals surface area contributed by atoms with Gasteiger partial charge in [0.15, 0.2) is 0 Å². The Morgan fingerprint density at radius 2 is 2.00 bits per heavy atom. The van der Waals surface area contributed by atoms with Crippen LogP contribution in [0.1, 0.15) is 33.6 Å². The number of rotatable bonds is 3. The molecule has 1 aliphatic heterocycles. The van der Waals surface area contributed by atoms with Crippen LogP contribution in [-0.4, -0.2) is 31.5 Å². The average Bonchev–Trinajstić information content (AvgIpc) is 2.25. The van der Waals surface area contributed by atoms with E-state index < -0.39 is 5.60 Å². The SMILES string of the molecule is C=C(CNC(=O)OC(C)(C)C)C1CCOCC1.